The first-order chi connectivity index (χ1) is 13.4. The number of ether oxygens (including phenoxy) is 1. The van der Waals surface area contributed by atoms with Crippen molar-refractivity contribution in [3.63, 3.8) is 0 Å². The van der Waals surface area contributed by atoms with Crippen LogP contribution in [0.2, 0.25) is 0 Å². The van der Waals surface area contributed by atoms with Gasteiger partial charge in [-0.2, -0.15) is 4.31 Å². The summed E-state index contributed by atoms with van der Waals surface area (Å²) in [4.78, 5) is 12.4. The van der Waals surface area contributed by atoms with Crippen LogP contribution >= 0.6 is 15.9 Å². The van der Waals surface area contributed by atoms with Crippen LogP contribution in [0.15, 0.2) is 57.9 Å². The average molecular weight is 465 g/mol. The van der Waals surface area contributed by atoms with Gasteiger partial charge in [-0.05, 0) is 64.3 Å². The third kappa shape index (κ3) is 5.08. The topological polar surface area (TPSA) is 75.7 Å². The molecule has 2 aromatic carbocycles. The van der Waals surface area contributed by atoms with E-state index in [-0.39, 0.29) is 10.8 Å². The predicted octanol–water partition coefficient (Wildman–Crippen LogP) is 3.43. The van der Waals surface area contributed by atoms with Gasteiger partial charge in [0.2, 0.25) is 15.9 Å². The molecule has 1 saturated heterocycles. The lowest BCUT2D eigenvalue weighted by molar-refractivity contribution is -0.111. The van der Waals surface area contributed by atoms with Crippen molar-refractivity contribution in [1.29, 1.82) is 0 Å². The normalized spacial score (nSPS) is 15.6. The molecule has 28 heavy (non-hydrogen) atoms. The zero-order valence-electron chi connectivity index (χ0n) is 15.4. The number of sulfonamides is 1. The molecule has 148 valence electrons. The van der Waals surface area contributed by atoms with E-state index in [0.717, 1.165) is 15.6 Å². The molecule has 0 spiro atoms. The number of morpholine rings is 1. The summed E-state index contributed by atoms with van der Waals surface area (Å²) in [6.07, 6.45) is 3.06. The fourth-order valence-electron chi connectivity index (χ4n) is 2.75. The van der Waals surface area contributed by atoms with Gasteiger partial charge < -0.3 is 10.1 Å². The van der Waals surface area contributed by atoms with E-state index < -0.39 is 10.0 Å². The SMILES string of the molecule is Cc1ccc(NC(=O)/C=C/c2ccc(S(=O)(=O)N3CCOCC3)cc2)c(Br)c1. The van der Waals surface area contributed by atoms with Crippen LogP contribution in [0.3, 0.4) is 0 Å². The van der Waals surface area contributed by atoms with Crippen LogP contribution in [0.4, 0.5) is 5.69 Å². The number of carbonyl (C=O) groups is 1. The molecule has 0 aromatic heterocycles. The number of carbonyl (C=O) groups excluding carboxylic acids is 1. The molecule has 1 fully saturated rings. The number of benzene rings is 2. The number of anilines is 1. The summed E-state index contributed by atoms with van der Waals surface area (Å²) in [5, 5.41) is 2.80. The summed E-state index contributed by atoms with van der Waals surface area (Å²) < 4.78 is 32.7. The summed E-state index contributed by atoms with van der Waals surface area (Å²) in [5.41, 5.74) is 2.51. The van der Waals surface area contributed by atoms with Gasteiger partial charge in [0.1, 0.15) is 0 Å². The van der Waals surface area contributed by atoms with E-state index in [0.29, 0.717) is 32.0 Å². The first-order valence-corrected chi connectivity index (χ1v) is 11.0. The Bertz CT molecular complexity index is 982. The van der Waals surface area contributed by atoms with Crippen LogP contribution in [-0.4, -0.2) is 44.9 Å². The standard InChI is InChI=1S/C20H21BrN2O4S/c1-15-2-8-19(18(21)14-15)22-20(24)9-5-16-3-6-17(7-4-16)28(25,26)23-10-12-27-13-11-23/h2-9,14H,10-13H2,1H3,(H,22,24)/b9-5+. The molecule has 3 rings (SSSR count). The number of nitrogens with zero attached hydrogens (tertiary/aromatic N) is 1. The Hall–Kier alpha value is -2.00. The highest BCUT2D eigenvalue weighted by Crippen LogP contribution is 2.23. The molecule has 2 aromatic rings. The van der Waals surface area contributed by atoms with Gasteiger partial charge in [0.05, 0.1) is 23.8 Å². The maximum absolute atomic E-state index is 12.6. The summed E-state index contributed by atoms with van der Waals surface area (Å²) in [7, 11) is -3.51. The Morgan fingerprint density at radius 2 is 1.82 bits per heavy atom. The third-order valence-corrected chi connectivity index (χ3v) is 6.87. The molecule has 0 unspecified atom stereocenters. The molecule has 6 nitrogen and oxygen atoms in total. The quantitative estimate of drug-likeness (QED) is 0.687. The van der Waals surface area contributed by atoms with Crippen molar-refractivity contribution in [3.8, 4) is 0 Å². The lowest BCUT2D eigenvalue weighted by Crippen LogP contribution is -2.40. The maximum Gasteiger partial charge on any atom is 0.248 e. The Balaban J connectivity index is 1.65. The van der Waals surface area contributed by atoms with Crippen LogP contribution in [-0.2, 0) is 19.6 Å². The van der Waals surface area contributed by atoms with Crippen LogP contribution in [0, 0.1) is 6.92 Å². The lowest BCUT2D eigenvalue weighted by atomic mass is 10.2. The number of nitrogens with one attached hydrogen (secondary N) is 1. The molecular formula is C20H21BrN2O4S. The summed E-state index contributed by atoms with van der Waals surface area (Å²) in [5.74, 6) is -0.269. The Kier molecular flexibility index (Phi) is 6.66. The molecule has 1 amide bonds. The van der Waals surface area contributed by atoms with Crippen LogP contribution < -0.4 is 5.32 Å². The molecule has 1 heterocycles. The maximum atomic E-state index is 12.6. The number of hydrogen-bond acceptors (Lipinski definition) is 4. The van der Waals surface area contributed by atoms with E-state index in [1.807, 2.05) is 25.1 Å². The average Bonchev–Trinajstić information content (AvgIpc) is 2.69. The predicted molar refractivity (Wildman–Crippen MR) is 113 cm³/mol. The van der Waals surface area contributed by atoms with Gasteiger partial charge in [-0.25, -0.2) is 8.42 Å². The van der Waals surface area contributed by atoms with Crippen molar-refractivity contribution >= 4 is 43.6 Å². The van der Waals surface area contributed by atoms with Gasteiger partial charge in [-0.3, -0.25) is 4.79 Å². The van der Waals surface area contributed by atoms with E-state index in [9.17, 15) is 13.2 Å². The van der Waals surface area contributed by atoms with Crippen molar-refractivity contribution in [2.24, 2.45) is 0 Å². The minimum atomic E-state index is -3.51. The molecule has 0 bridgehead atoms. The molecule has 0 saturated carbocycles. The lowest BCUT2D eigenvalue weighted by Gasteiger charge is -2.26. The van der Waals surface area contributed by atoms with Gasteiger partial charge in [-0.1, -0.05) is 18.2 Å². The second-order valence-electron chi connectivity index (χ2n) is 6.39. The first kappa shape index (κ1) is 20.7. The molecule has 1 aliphatic heterocycles. The highest BCUT2D eigenvalue weighted by molar-refractivity contribution is 9.10. The van der Waals surface area contributed by atoms with Crippen LogP contribution in [0.1, 0.15) is 11.1 Å². The summed E-state index contributed by atoms with van der Waals surface area (Å²) >= 11 is 3.42. The number of hydrogen-bond donors (Lipinski definition) is 1. The summed E-state index contributed by atoms with van der Waals surface area (Å²) in [6, 6.07) is 12.1. The van der Waals surface area contributed by atoms with Crippen molar-refractivity contribution < 1.29 is 17.9 Å². The molecule has 0 atom stereocenters. The van der Waals surface area contributed by atoms with Crippen molar-refractivity contribution in [3.05, 3.63) is 64.1 Å². The van der Waals surface area contributed by atoms with Crippen molar-refractivity contribution in [2.45, 2.75) is 11.8 Å². The van der Waals surface area contributed by atoms with Gasteiger partial charge in [0.15, 0.2) is 0 Å². The van der Waals surface area contributed by atoms with E-state index in [1.165, 1.54) is 10.4 Å². The second-order valence-corrected chi connectivity index (χ2v) is 9.18. The Labute approximate surface area is 173 Å². The van der Waals surface area contributed by atoms with E-state index in [2.05, 4.69) is 21.2 Å². The highest BCUT2D eigenvalue weighted by atomic mass is 79.9. The number of amides is 1. The fraction of sp³-hybridized carbons (Fsp3) is 0.250. The number of rotatable bonds is 5. The Morgan fingerprint density at radius 3 is 2.46 bits per heavy atom. The van der Waals surface area contributed by atoms with E-state index >= 15 is 0 Å². The van der Waals surface area contributed by atoms with E-state index in [1.54, 1.807) is 30.3 Å². The Morgan fingerprint density at radius 1 is 1.14 bits per heavy atom. The molecule has 0 radical (unpaired) electrons. The summed E-state index contributed by atoms with van der Waals surface area (Å²) in [6.45, 7) is 3.51. The van der Waals surface area contributed by atoms with Gasteiger partial charge in [0.25, 0.3) is 0 Å². The highest BCUT2D eigenvalue weighted by Gasteiger charge is 2.25. The monoisotopic (exact) mass is 464 g/mol. The number of halogens is 1. The minimum Gasteiger partial charge on any atom is -0.379 e. The number of aryl methyl sites for hydroxylation is 1. The smallest absolute Gasteiger partial charge is 0.248 e. The van der Waals surface area contributed by atoms with Gasteiger partial charge in [0, 0.05) is 23.6 Å². The van der Waals surface area contributed by atoms with Gasteiger partial charge in [-0.15, -0.1) is 0 Å². The van der Waals surface area contributed by atoms with E-state index in [4.69, 9.17) is 4.74 Å². The van der Waals surface area contributed by atoms with Crippen molar-refractivity contribution in [2.75, 3.05) is 31.6 Å². The molecule has 0 aliphatic carbocycles. The molecule has 1 N–H and O–H groups in total. The van der Waals surface area contributed by atoms with Crippen LogP contribution in [0.5, 0.6) is 0 Å². The fourth-order valence-corrected chi connectivity index (χ4v) is 4.76. The first-order valence-electron chi connectivity index (χ1n) is 8.79. The minimum absolute atomic E-state index is 0.236. The molecule has 8 heteroatoms. The second kappa shape index (κ2) is 9.00. The molecular weight excluding hydrogens is 444 g/mol. The zero-order chi connectivity index (χ0) is 20.1. The van der Waals surface area contributed by atoms with Gasteiger partial charge >= 0.3 is 0 Å². The third-order valence-electron chi connectivity index (χ3n) is 4.30. The van der Waals surface area contributed by atoms with Crippen molar-refractivity contribution in [1.82, 2.24) is 4.31 Å². The van der Waals surface area contributed by atoms with Crippen LogP contribution in [0.25, 0.3) is 6.08 Å². The zero-order valence-corrected chi connectivity index (χ0v) is 17.8. The largest absolute Gasteiger partial charge is 0.379 e. The molecule has 1 aliphatic rings.